The van der Waals surface area contributed by atoms with Crippen molar-refractivity contribution < 1.29 is 13.2 Å². The molecule has 1 unspecified atom stereocenters. The number of piperidine rings is 1. The molecule has 0 aliphatic carbocycles. The van der Waals surface area contributed by atoms with Gasteiger partial charge in [-0.15, -0.1) is 0 Å². The lowest BCUT2D eigenvalue weighted by Gasteiger charge is -2.23. The largest absolute Gasteiger partial charge is 0.416 e. The zero-order chi connectivity index (χ0) is 13.2. The third kappa shape index (κ3) is 3.39. The van der Waals surface area contributed by atoms with Gasteiger partial charge in [-0.3, -0.25) is 0 Å². The molecule has 18 heavy (non-hydrogen) atoms. The summed E-state index contributed by atoms with van der Waals surface area (Å²) in [6.07, 6.45) is -1.37. The lowest BCUT2D eigenvalue weighted by molar-refractivity contribution is -0.137. The second-order valence-electron chi connectivity index (χ2n) is 4.72. The predicted molar refractivity (Wildman–Crippen MR) is 65.8 cm³/mol. The van der Waals surface area contributed by atoms with Gasteiger partial charge in [0.05, 0.1) is 5.56 Å². The Kier molecular flexibility index (Phi) is 4.17. The summed E-state index contributed by atoms with van der Waals surface area (Å²) in [6.45, 7) is 1.94. The average molecular weight is 278 g/mol. The highest BCUT2D eigenvalue weighted by atomic mass is 35.5. The van der Waals surface area contributed by atoms with Gasteiger partial charge in [0, 0.05) is 5.02 Å². The van der Waals surface area contributed by atoms with Crippen LogP contribution in [0.4, 0.5) is 13.2 Å². The van der Waals surface area contributed by atoms with E-state index < -0.39 is 11.7 Å². The lowest BCUT2D eigenvalue weighted by Crippen LogP contribution is -2.30. The fourth-order valence-electron chi connectivity index (χ4n) is 2.30. The molecule has 0 radical (unpaired) electrons. The van der Waals surface area contributed by atoms with E-state index in [9.17, 15) is 13.2 Å². The molecular formula is C13H15ClF3N. The first-order valence-corrected chi connectivity index (χ1v) is 6.41. The highest BCUT2D eigenvalue weighted by Gasteiger charge is 2.31. The minimum atomic E-state index is -4.32. The number of hydrogen-bond donors (Lipinski definition) is 1. The first-order chi connectivity index (χ1) is 8.47. The SMILES string of the molecule is FC(F)(F)c1ccc(CC2CCCNC2)c(Cl)c1. The molecule has 1 atom stereocenters. The Bertz CT molecular complexity index is 411. The van der Waals surface area contributed by atoms with Crippen molar-refractivity contribution in [2.45, 2.75) is 25.4 Å². The van der Waals surface area contributed by atoms with E-state index in [2.05, 4.69) is 5.32 Å². The normalized spacial score (nSPS) is 21.0. The van der Waals surface area contributed by atoms with Crippen LogP contribution in [0.2, 0.25) is 5.02 Å². The summed E-state index contributed by atoms with van der Waals surface area (Å²) in [5.41, 5.74) is 0.122. The summed E-state index contributed by atoms with van der Waals surface area (Å²) in [6, 6.07) is 3.63. The molecule has 5 heteroatoms. The Hall–Kier alpha value is -0.740. The molecule has 0 spiro atoms. The van der Waals surface area contributed by atoms with Crippen LogP contribution < -0.4 is 5.32 Å². The topological polar surface area (TPSA) is 12.0 Å². The Labute approximate surface area is 109 Å². The molecule has 1 aromatic rings. The summed E-state index contributed by atoms with van der Waals surface area (Å²) in [5, 5.41) is 3.51. The molecule has 1 aliphatic heterocycles. The summed E-state index contributed by atoms with van der Waals surface area (Å²) >= 11 is 5.93. The van der Waals surface area contributed by atoms with E-state index in [0.717, 1.165) is 50.0 Å². The van der Waals surface area contributed by atoms with E-state index in [-0.39, 0.29) is 5.02 Å². The molecule has 1 saturated heterocycles. The number of hydrogen-bond acceptors (Lipinski definition) is 1. The number of nitrogens with one attached hydrogen (secondary N) is 1. The third-order valence-corrected chi connectivity index (χ3v) is 3.64. The van der Waals surface area contributed by atoms with E-state index in [4.69, 9.17) is 11.6 Å². The van der Waals surface area contributed by atoms with Crippen molar-refractivity contribution in [1.82, 2.24) is 5.32 Å². The fraction of sp³-hybridized carbons (Fsp3) is 0.538. The molecule has 2 rings (SSSR count). The number of halogens is 4. The predicted octanol–water partition coefficient (Wildman–Crippen LogP) is 3.90. The van der Waals surface area contributed by atoms with E-state index in [0.29, 0.717) is 5.92 Å². The molecular weight excluding hydrogens is 263 g/mol. The highest BCUT2D eigenvalue weighted by Crippen LogP contribution is 2.33. The maximum atomic E-state index is 12.5. The second-order valence-corrected chi connectivity index (χ2v) is 5.13. The van der Waals surface area contributed by atoms with Crippen molar-refractivity contribution >= 4 is 11.6 Å². The molecule has 1 heterocycles. The number of benzene rings is 1. The minimum absolute atomic E-state index is 0.218. The van der Waals surface area contributed by atoms with Crippen LogP contribution in [0.25, 0.3) is 0 Å². The van der Waals surface area contributed by atoms with Gasteiger partial charge in [0.1, 0.15) is 0 Å². The summed E-state index contributed by atoms with van der Waals surface area (Å²) in [5.74, 6) is 0.466. The molecule has 1 aromatic carbocycles. The fourth-order valence-corrected chi connectivity index (χ4v) is 2.56. The quantitative estimate of drug-likeness (QED) is 0.864. The van der Waals surface area contributed by atoms with Crippen molar-refractivity contribution in [3.63, 3.8) is 0 Å². The van der Waals surface area contributed by atoms with Crippen molar-refractivity contribution in [3.8, 4) is 0 Å². The van der Waals surface area contributed by atoms with E-state index in [1.807, 2.05) is 0 Å². The first kappa shape index (κ1) is 13.7. The van der Waals surface area contributed by atoms with Gasteiger partial charge in [-0.25, -0.2) is 0 Å². The van der Waals surface area contributed by atoms with Crippen LogP contribution in [-0.2, 0) is 12.6 Å². The molecule has 0 amide bonds. The van der Waals surface area contributed by atoms with Crippen molar-refractivity contribution in [3.05, 3.63) is 34.3 Å². The van der Waals surface area contributed by atoms with Gasteiger partial charge in [-0.05, 0) is 56.0 Å². The lowest BCUT2D eigenvalue weighted by atomic mass is 9.92. The zero-order valence-electron chi connectivity index (χ0n) is 9.86. The molecule has 0 aromatic heterocycles. The summed E-state index contributed by atoms with van der Waals surface area (Å²) in [4.78, 5) is 0. The van der Waals surface area contributed by atoms with Gasteiger partial charge < -0.3 is 5.32 Å². The third-order valence-electron chi connectivity index (χ3n) is 3.29. The van der Waals surface area contributed by atoms with Gasteiger partial charge in [0.25, 0.3) is 0 Å². The smallest absolute Gasteiger partial charge is 0.316 e. The Balaban J connectivity index is 2.09. The molecule has 1 fully saturated rings. The van der Waals surface area contributed by atoms with Gasteiger partial charge in [0.15, 0.2) is 0 Å². The van der Waals surface area contributed by atoms with Gasteiger partial charge in [-0.2, -0.15) is 13.2 Å². The second kappa shape index (κ2) is 5.49. The van der Waals surface area contributed by atoms with Crippen LogP contribution in [0.1, 0.15) is 24.0 Å². The van der Waals surface area contributed by atoms with Crippen LogP contribution in [0.15, 0.2) is 18.2 Å². The van der Waals surface area contributed by atoms with Crippen molar-refractivity contribution in [1.29, 1.82) is 0 Å². The van der Waals surface area contributed by atoms with E-state index in [1.165, 1.54) is 6.07 Å². The molecule has 1 N–H and O–H groups in total. The van der Waals surface area contributed by atoms with Gasteiger partial charge >= 0.3 is 6.18 Å². The summed E-state index contributed by atoms with van der Waals surface area (Å²) in [7, 11) is 0. The zero-order valence-corrected chi connectivity index (χ0v) is 10.6. The Morgan fingerprint density at radius 2 is 2.11 bits per heavy atom. The minimum Gasteiger partial charge on any atom is -0.316 e. The van der Waals surface area contributed by atoms with Crippen LogP contribution >= 0.6 is 11.6 Å². The molecule has 1 nitrogen and oxygen atoms in total. The van der Waals surface area contributed by atoms with Crippen LogP contribution in [0, 0.1) is 5.92 Å². The number of alkyl halides is 3. The molecule has 100 valence electrons. The molecule has 0 bridgehead atoms. The maximum absolute atomic E-state index is 12.5. The average Bonchev–Trinajstić information content (AvgIpc) is 2.32. The monoisotopic (exact) mass is 277 g/mol. The molecule has 1 aliphatic rings. The van der Waals surface area contributed by atoms with Gasteiger partial charge in [-0.1, -0.05) is 17.7 Å². The first-order valence-electron chi connectivity index (χ1n) is 6.03. The van der Waals surface area contributed by atoms with E-state index in [1.54, 1.807) is 0 Å². The Morgan fingerprint density at radius 3 is 2.67 bits per heavy atom. The van der Waals surface area contributed by atoms with Crippen LogP contribution in [0.3, 0.4) is 0 Å². The van der Waals surface area contributed by atoms with Gasteiger partial charge in [0.2, 0.25) is 0 Å². The molecule has 0 saturated carbocycles. The standard InChI is InChI=1S/C13H15ClF3N/c14-12-7-11(13(15,16)17)4-3-10(12)6-9-2-1-5-18-8-9/h3-4,7,9,18H,1-2,5-6,8H2. The van der Waals surface area contributed by atoms with E-state index >= 15 is 0 Å². The van der Waals surface area contributed by atoms with Crippen LogP contribution in [-0.4, -0.2) is 13.1 Å². The highest BCUT2D eigenvalue weighted by molar-refractivity contribution is 6.31. The van der Waals surface area contributed by atoms with Crippen molar-refractivity contribution in [2.24, 2.45) is 5.92 Å². The Morgan fingerprint density at radius 1 is 1.33 bits per heavy atom. The number of rotatable bonds is 2. The van der Waals surface area contributed by atoms with Crippen molar-refractivity contribution in [2.75, 3.05) is 13.1 Å². The maximum Gasteiger partial charge on any atom is 0.416 e. The summed E-state index contributed by atoms with van der Waals surface area (Å²) < 4.78 is 37.5. The van der Waals surface area contributed by atoms with Crippen LogP contribution in [0.5, 0.6) is 0 Å².